The van der Waals surface area contributed by atoms with E-state index in [0.717, 1.165) is 24.0 Å². The Labute approximate surface area is 129 Å². The second kappa shape index (κ2) is 5.48. The van der Waals surface area contributed by atoms with Crippen LogP contribution in [0.4, 0.5) is 4.39 Å². The Bertz CT molecular complexity index is 801. The number of nitrogens with zero attached hydrogens (tertiary/aromatic N) is 3. The van der Waals surface area contributed by atoms with E-state index in [2.05, 4.69) is 5.10 Å². The lowest BCUT2D eigenvalue weighted by atomic mass is 10.00. The lowest BCUT2D eigenvalue weighted by molar-refractivity contribution is 0.395. The molecule has 5 nitrogen and oxygen atoms in total. The van der Waals surface area contributed by atoms with Gasteiger partial charge in [0.05, 0.1) is 12.2 Å². The zero-order valence-corrected chi connectivity index (χ0v) is 13.3. The molecule has 1 aliphatic rings. The van der Waals surface area contributed by atoms with Gasteiger partial charge in [0.25, 0.3) is 0 Å². The van der Waals surface area contributed by atoms with Crippen molar-refractivity contribution in [2.45, 2.75) is 30.7 Å². The molecule has 0 unspecified atom stereocenters. The molecule has 0 radical (unpaired) electrons. The first-order chi connectivity index (χ1) is 10.4. The zero-order chi connectivity index (χ0) is 15.9. The number of halogens is 1. The molecule has 1 saturated heterocycles. The van der Waals surface area contributed by atoms with Crippen molar-refractivity contribution in [3.05, 3.63) is 47.5 Å². The van der Waals surface area contributed by atoms with Gasteiger partial charge in [0, 0.05) is 19.8 Å². The molecule has 0 N–H and O–H groups in total. The maximum absolute atomic E-state index is 13.3. The summed E-state index contributed by atoms with van der Waals surface area (Å²) in [6.07, 6.45) is 4.40. The third-order valence-electron chi connectivity index (χ3n) is 4.08. The summed E-state index contributed by atoms with van der Waals surface area (Å²) in [5.41, 5.74) is 1.64. The van der Waals surface area contributed by atoms with Crippen molar-refractivity contribution in [1.82, 2.24) is 14.1 Å². The van der Waals surface area contributed by atoms with E-state index in [4.69, 9.17) is 0 Å². The Balaban J connectivity index is 2.00. The number of hydrogen-bond donors (Lipinski definition) is 0. The van der Waals surface area contributed by atoms with Crippen LogP contribution in [-0.4, -0.2) is 29.0 Å². The van der Waals surface area contributed by atoms with Crippen LogP contribution in [0.25, 0.3) is 0 Å². The van der Waals surface area contributed by atoms with Crippen LogP contribution in [0.1, 0.15) is 30.0 Å². The highest BCUT2D eigenvalue weighted by Crippen LogP contribution is 2.37. The molecule has 0 amide bonds. The van der Waals surface area contributed by atoms with E-state index in [9.17, 15) is 12.8 Å². The smallest absolute Gasteiger partial charge is 0.246 e. The Hall–Kier alpha value is -1.73. The van der Waals surface area contributed by atoms with Crippen LogP contribution in [-0.2, 0) is 17.1 Å². The van der Waals surface area contributed by atoms with Gasteiger partial charge in [-0.15, -0.1) is 0 Å². The third kappa shape index (κ3) is 2.55. The van der Waals surface area contributed by atoms with Gasteiger partial charge in [-0.2, -0.15) is 9.40 Å². The molecule has 1 aliphatic heterocycles. The average Bonchev–Trinajstić information content (AvgIpc) is 3.08. The highest BCUT2D eigenvalue weighted by Gasteiger charge is 2.37. The number of rotatable bonds is 3. The summed E-state index contributed by atoms with van der Waals surface area (Å²) in [6, 6.07) is 4.27. The summed E-state index contributed by atoms with van der Waals surface area (Å²) in [6.45, 7) is 2.28. The highest BCUT2D eigenvalue weighted by atomic mass is 32.2. The van der Waals surface area contributed by atoms with Gasteiger partial charge in [0.1, 0.15) is 10.7 Å². The summed E-state index contributed by atoms with van der Waals surface area (Å²) in [5.74, 6) is -0.305. The van der Waals surface area contributed by atoms with Gasteiger partial charge in [0.15, 0.2) is 0 Å². The Morgan fingerprint density at radius 2 is 2.14 bits per heavy atom. The fourth-order valence-electron chi connectivity index (χ4n) is 3.02. The topological polar surface area (TPSA) is 55.2 Å². The number of hydrogen-bond acceptors (Lipinski definition) is 3. The van der Waals surface area contributed by atoms with E-state index in [1.165, 1.54) is 33.5 Å². The Kier molecular flexibility index (Phi) is 3.78. The molecule has 0 saturated carbocycles. The van der Waals surface area contributed by atoms with Crippen LogP contribution in [0, 0.1) is 12.7 Å². The van der Waals surface area contributed by atoms with Gasteiger partial charge in [0.2, 0.25) is 10.0 Å². The normalized spacial score (nSPS) is 19.7. The van der Waals surface area contributed by atoms with Crippen LogP contribution in [0.15, 0.2) is 35.5 Å². The number of aryl methyl sites for hydroxylation is 2. The molecular weight excluding hydrogens is 305 g/mol. The molecule has 1 atom stereocenters. The van der Waals surface area contributed by atoms with Crippen molar-refractivity contribution in [1.29, 1.82) is 0 Å². The molecule has 0 aliphatic carbocycles. The first-order valence-electron chi connectivity index (χ1n) is 7.16. The second-order valence-corrected chi connectivity index (χ2v) is 7.51. The number of sulfonamides is 1. The molecule has 22 heavy (non-hydrogen) atoms. The minimum Gasteiger partial charge on any atom is -0.274 e. The molecular formula is C15H18FN3O2S. The van der Waals surface area contributed by atoms with Crippen molar-refractivity contribution < 1.29 is 12.8 Å². The van der Waals surface area contributed by atoms with Gasteiger partial charge < -0.3 is 0 Å². The van der Waals surface area contributed by atoms with Crippen LogP contribution in [0.5, 0.6) is 0 Å². The van der Waals surface area contributed by atoms with Gasteiger partial charge in [-0.25, -0.2) is 12.8 Å². The van der Waals surface area contributed by atoms with Crippen molar-refractivity contribution in [3.63, 3.8) is 0 Å². The van der Waals surface area contributed by atoms with Gasteiger partial charge in [-0.05, 0) is 43.0 Å². The Morgan fingerprint density at radius 1 is 1.36 bits per heavy atom. The predicted octanol–water partition coefficient (Wildman–Crippen LogP) is 2.39. The SMILES string of the molecule is Cc1cc(F)ccc1[C@@H]1CCCN1S(=O)(=O)c1cnn(C)c1. The maximum Gasteiger partial charge on any atom is 0.246 e. The van der Waals surface area contributed by atoms with Gasteiger partial charge >= 0.3 is 0 Å². The molecule has 1 fully saturated rings. The van der Waals surface area contributed by atoms with E-state index in [0.29, 0.717) is 6.54 Å². The fourth-order valence-corrected chi connectivity index (χ4v) is 4.68. The second-order valence-electron chi connectivity index (χ2n) is 5.62. The first-order valence-corrected chi connectivity index (χ1v) is 8.60. The van der Waals surface area contributed by atoms with Gasteiger partial charge in [-0.3, -0.25) is 4.68 Å². The van der Waals surface area contributed by atoms with Crippen molar-refractivity contribution >= 4 is 10.0 Å². The molecule has 7 heteroatoms. The van der Waals surface area contributed by atoms with Crippen LogP contribution in [0.3, 0.4) is 0 Å². The number of benzene rings is 1. The van der Waals surface area contributed by atoms with Crippen LogP contribution in [0.2, 0.25) is 0 Å². The molecule has 118 valence electrons. The largest absolute Gasteiger partial charge is 0.274 e. The van der Waals surface area contributed by atoms with Crippen molar-refractivity contribution in [3.8, 4) is 0 Å². The van der Waals surface area contributed by atoms with E-state index < -0.39 is 10.0 Å². The predicted molar refractivity (Wildman–Crippen MR) is 80.2 cm³/mol. The van der Waals surface area contributed by atoms with Crippen LogP contribution < -0.4 is 0 Å². The quantitative estimate of drug-likeness (QED) is 0.871. The fraction of sp³-hybridized carbons (Fsp3) is 0.400. The summed E-state index contributed by atoms with van der Waals surface area (Å²) >= 11 is 0. The maximum atomic E-state index is 13.3. The summed E-state index contributed by atoms with van der Waals surface area (Å²) in [7, 11) is -1.90. The van der Waals surface area contributed by atoms with Gasteiger partial charge in [-0.1, -0.05) is 6.07 Å². The summed E-state index contributed by atoms with van der Waals surface area (Å²) in [5, 5.41) is 3.94. The zero-order valence-electron chi connectivity index (χ0n) is 12.5. The molecule has 2 aromatic rings. The molecule has 1 aromatic heterocycles. The lowest BCUT2D eigenvalue weighted by Gasteiger charge is -2.25. The lowest BCUT2D eigenvalue weighted by Crippen LogP contribution is -2.30. The molecule has 0 spiro atoms. The van der Waals surface area contributed by atoms with Crippen molar-refractivity contribution in [2.75, 3.05) is 6.54 Å². The standard InChI is InChI=1S/C15H18FN3O2S/c1-11-8-12(16)5-6-14(11)15-4-3-7-19(15)22(20,21)13-9-17-18(2)10-13/h5-6,8-10,15H,3-4,7H2,1-2H3/t15-/m0/s1. The van der Waals surface area contributed by atoms with Crippen LogP contribution >= 0.6 is 0 Å². The third-order valence-corrected chi connectivity index (χ3v) is 5.94. The summed E-state index contributed by atoms with van der Waals surface area (Å²) < 4.78 is 41.9. The van der Waals surface area contributed by atoms with E-state index in [-0.39, 0.29) is 16.8 Å². The van der Waals surface area contributed by atoms with E-state index >= 15 is 0 Å². The first kappa shape index (κ1) is 15.2. The minimum atomic E-state index is -3.59. The average molecular weight is 323 g/mol. The Morgan fingerprint density at radius 3 is 2.77 bits per heavy atom. The van der Waals surface area contributed by atoms with E-state index in [1.807, 2.05) is 6.92 Å². The minimum absolute atomic E-state index is 0.196. The molecule has 1 aromatic carbocycles. The summed E-state index contributed by atoms with van der Waals surface area (Å²) in [4.78, 5) is 0.196. The monoisotopic (exact) mass is 323 g/mol. The molecule has 2 heterocycles. The highest BCUT2D eigenvalue weighted by molar-refractivity contribution is 7.89. The molecule has 3 rings (SSSR count). The van der Waals surface area contributed by atoms with Crippen molar-refractivity contribution in [2.24, 2.45) is 7.05 Å². The molecule has 0 bridgehead atoms. The number of aromatic nitrogens is 2. The van der Waals surface area contributed by atoms with E-state index in [1.54, 1.807) is 13.1 Å².